The van der Waals surface area contributed by atoms with Crippen LogP contribution in [0, 0.1) is 12.8 Å². The number of nitrogens with zero attached hydrogens (tertiary/aromatic N) is 2. The third-order valence-corrected chi connectivity index (χ3v) is 5.24. The summed E-state index contributed by atoms with van der Waals surface area (Å²) in [5.41, 5.74) is 2.44. The van der Waals surface area contributed by atoms with Gasteiger partial charge in [0.2, 0.25) is 5.91 Å². The highest BCUT2D eigenvalue weighted by Crippen LogP contribution is 2.33. The molecule has 166 valence electrons. The maximum Gasteiger partial charge on any atom is 0.324 e. The lowest BCUT2D eigenvalue weighted by Crippen LogP contribution is -2.43. The number of carbonyl (C=O) groups excluding carboxylic acids is 2. The topological polar surface area (TPSA) is 95.1 Å². The van der Waals surface area contributed by atoms with Gasteiger partial charge in [0.15, 0.2) is 5.96 Å². The molecule has 2 aliphatic heterocycles. The van der Waals surface area contributed by atoms with Crippen LogP contribution in [0.4, 0.5) is 4.79 Å². The van der Waals surface area contributed by atoms with Gasteiger partial charge in [-0.2, -0.15) is 0 Å². The van der Waals surface area contributed by atoms with E-state index in [2.05, 4.69) is 47.1 Å². The number of imide groups is 1. The Morgan fingerprint density at radius 1 is 1.27 bits per heavy atom. The fourth-order valence-corrected chi connectivity index (χ4v) is 3.67. The first-order valence-corrected chi connectivity index (χ1v) is 10.4. The van der Waals surface area contributed by atoms with Crippen molar-refractivity contribution in [3.63, 3.8) is 0 Å². The lowest BCUT2D eigenvalue weighted by Gasteiger charge is -2.31. The zero-order valence-electron chi connectivity index (χ0n) is 17.6. The van der Waals surface area contributed by atoms with Gasteiger partial charge in [-0.05, 0) is 32.3 Å². The molecule has 0 bridgehead atoms. The minimum Gasteiger partial charge on any atom is -0.373 e. The van der Waals surface area contributed by atoms with Gasteiger partial charge in [-0.25, -0.2) is 4.79 Å². The van der Waals surface area contributed by atoms with Gasteiger partial charge in [-0.3, -0.25) is 14.7 Å². The number of benzene rings is 1. The Balaban J connectivity index is 0.00000320. The molecule has 2 heterocycles. The fourth-order valence-electron chi connectivity index (χ4n) is 3.67. The molecular weight excluding hydrogens is 497 g/mol. The van der Waals surface area contributed by atoms with Crippen LogP contribution in [0.3, 0.4) is 0 Å². The van der Waals surface area contributed by atoms with Crippen LogP contribution in [-0.4, -0.2) is 62.1 Å². The number of hydrogen-bond donors (Lipinski definition) is 3. The third kappa shape index (κ3) is 6.56. The maximum absolute atomic E-state index is 11.7. The molecule has 1 aromatic carbocycles. The van der Waals surface area contributed by atoms with E-state index in [0.717, 1.165) is 26.0 Å². The molecule has 2 fully saturated rings. The summed E-state index contributed by atoms with van der Waals surface area (Å²) >= 11 is 0. The van der Waals surface area contributed by atoms with E-state index in [-0.39, 0.29) is 48.6 Å². The molecule has 0 aromatic heterocycles. The Hall–Kier alpha value is -1.88. The monoisotopic (exact) mass is 529 g/mol. The number of nitrogens with one attached hydrogen (secondary N) is 3. The quantitative estimate of drug-likeness (QED) is 0.218. The molecule has 0 spiro atoms. The molecule has 2 unspecified atom stereocenters. The van der Waals surface area contributed by atoms with Crippen LogP contribution >= 0.6 is 24.0 Å². The summed E-state index contributed by atoms with van der Waals surface area (Å²) in [7, 11) is 0. The lowest BCUT2D eigenvalue weighted by atomic mass is 9.89. The number of halogens is 1. The lowest BCUT2D eigenvalue weighted by molar-refractivity contribution is -0.124. The fraction of sp³-hybridized carbons (Fsp3) is 0.571. The summed E-state index contributed by atoms with van der Waals surface area (Å²) < 4.78 is 6.08. The number of ether oxygens (including phenoxy) is 1. The highest BCUT2D eigenvalue weighted by atomic mass is 127. The smallest absolute Gasteiger partial charge is 0.324 e. The predicted octanol–water partition coefficient (Wildman–Crippen LogP) is 2.19. The molecule has 2 atom stereocenters. The van der Waals surface area contributed by atoms with Crippen LogP contribution in [0.15, 0.2) is 29.3 Å². The van der Waals surface area contributed by atoms with E-state index in [1.807, 2.05) is 6.92 Å². The Morgan fingerprint density at radius 3 is 2.70 bits per heavy atom. The molecule has 30 heavy (non-hydrogen) atoms. The van der Waals surface area contributed by atoms with Gasteiger partial charge in [0.1, 0.15) is 0 Å². The second-order valence-corrected chi connectivity index (χ2v) is 7.45. The van der Waals surface area contributed by atoms with Crippen molar-refractivity contribution in [3.8, 4) is 0 Å². The summed E-state index contributed by atoms with van der Waals surface area (Å²) in [6.45, 7) is 7.10. The SMILES string of the molecule is CCNC(=NCC1CCCOC1c1ccc(C)cc1)NCCN1C(=O)CNC1=O.I. The Morgan fingerprint density at radius 2 is 2.03 bits per heavy atom. The summed E-state index contributed by atoms with van der Waals surface area (Å²) in [6.07, 6.45) is 2.17. The van der Waals surface area contributed by atoms with Crippen molar-refractivity contribution in [1.82, 2.24) is 20.9 Å². The van der Waals surface area contributed by atoms with Crippen molar-refractivity contribution >= 4 is 41.9 Å². The molecule has 0 saturated carbocycles. The Bertz CT molecular complexity index is 725. The number of aryl methyl sites for hydroxylation is 1. The highest BCUT2D eigenvalue weighted by Gasteiger charge is 2.28. The minimum absolute atomic E-state index is 0. The first kappa shape index (κ1) is 24.4. The van der Waals surface area contributed by atoms with Crippen LogP contribution in [0.25, 0.3) is 0 Å². The first-order chi connectivity index (χ1) is 14.1. The zero-order valence-corrected chi connectivity index (χ0v) is 20.0. The first-order valence-electron chi connectivity index (χ1n) is 10.4. The van der Waals surface area contributed by atoms with E-state index in [1.165, 1.54) is 16.0 Å². The molecule has 3 N–H and O–H groups in total. The molecule has 3 rings (SSSR count). The van der Waals surface area contributed by atoms with Crippen molar-refractivity contribution in [1.29, 1.82) is 0 Å². The molecule has 0 aliphatic carbocycles. The number of aliphatic imine (C=N–C) groups is 1. The summed E-state index contributed by atoms with van der Waals surface area (Å²) in [6, 6.07) is 8.19. The number of amides is 3. The maximum atomic E-state index is 11.7. The van der Waals surface area contributed by atoms with Crippen LogP contribution in [0.1, 0.15) is 37.0 Å². The van der Waals surface area contributed by atoms with Gasteiger partial charge in [0.05, 0.1) is 12.6 Å². The molecule has 2 aliphatic rings. The zero-order chi connectivity index (χ0) is 20.6. The van der Waals surface area contributed by atoms with Crippen molar-refractivity contribution < 1.29 is 14.3 Å². The highest BCUT2D eigenvalue weighted by molar-refractivity contribution is 14.0. The third-order valence-electron chi connectivity index (χ3n) is 5.24. The van der Waals surface area contributed by atoms with E-state index < -0.39 is 0 Å². The van der Waals surface area contributed by atoms with E-state index in [4.69, 9.17) is 9.73 Å². The number of hydrogen-bond acceptors (Lipinski definition) is 4. The predicted molar refractivity (Wildman–Crippen MR) is 127 cm³/mol. The second-order valence-electron chi connectivity index (χ2n) is 7.45. The standard InChI is InChI=1S/C21H31N5O3.HI/c1-3-22-20(23-10-11-26-18(27)14-25-21(26)28)24-13-17-5-4-12-29-19(17)16-8-6-15(2)7-9-16;/h6-9,17,19H,3-5,10-14H2,1-2H3,(H,25,28)(H2,22,23,24);1H. The molecule has 9 heteroatoms. The van der Waals surface area contributed by atoms with Gasteiger partial charge in [-0.15, -0.1) is 24.0 Å². The van der Waals surface area contributed by atoms with Crippen LogP contribution in [0.5, 0.6) is 0 Å². The van der Waals surface area contributed by atoms with E-state index in [0.29, 0.717) is 31.5 Å². The van der Waals surface area contributed by atoms with E-state index in [1.54, 1.807) is 0 Å². The van der Waals surface area contributed by atoms with Crippen LogP contribution in [0.2, 0.25) is 0 Å². The molecular formula is C21H32IN5O3. The Labute approximate surface area is 195 Å². The second kappa shape index (κ2) is 12.1. The van der Waals surface area contributed by atoms with Gasteiger partial charge >= 0.3 is 6.03 Å². The summed E-state index contributed by atoms with van der Waals surface area (Å²) in [5.74, 6) is 0.805. The molecule has 0 radical (unpaired) electrons. The van der Waals surface area contributed by atoms with Gasteiger partial charge < -0.3 is 20.7 Å². The number of carbonyl (C=O) groups is 2. The average molecular weight is 529 g/mol. The summed E-state index contributed by atoms with van der Waals surface area (Å²) in [5, 5.41) is 8.97. The number of guanidine groups is 1. The molecule has 8 nitrogen and oxygen atoms in total. The molecule has 3 amide bonds. The van der Waals surface area contributed by atoms with Crippen molar-refractivity contribution in [2.45, 2.75) is 32.8 Å². The van der Waals surface area contributed by atoms with Crippen LogP contribution in [-0.2, 0) is 9.53 Å². The van der Waals surface area contributed by atoms with E-state index in [9.17, 15) is 9.59 Å². The van der Waals surface area contributed by atoms with Gasteiger partial charge in [0.25, 0.3) is 0 Å². The van der Waals surface area contributed by atoms with Crippen molar-refractivity contribution in [2.24, 2.45) is 10.9 Å². The average Bonchev–Trinajstić information content (AvgIpc) is 3.05. The number of urea groups is 1. The molecule has 2 saturated heterocycles. The van der Waals surface area contributed by atoms with Crippen LogP contribution < -0.4 is 16.0 Å². The van der Waals surface area contributed by atoms with E-state index >= 15 is 0 Å². The van der Waals surface area contributed by atoms with Gasteiger partial charge in [0, 0.05) is 38.7 Å². The largest absolute Gasteiger partial charge is 0.373 e. The number of rotatable bonds is 7. The summed E-state index contributed by atoms with van der Waals surface area (Å²) in [4.78, 5) is 29.2. The normalized spacial score (nSPS) is 21.8. The Kier molecular flexibility index (Phi) is 9.83. The molecule has 1 aromatic rings. The van der Waals surface area contributed by atoms with Crippen molar-refractivity contribution in [2.75, 3.05) is 39.3 Å². The van der Waals surface area contributed by atoms with Gasteiger partial charge in [-0.1, -0.05) is 29.8 Å². The van der Waals surface area contributed by atoms with Crippen molar-refractivity contribution in [3.05, 3.63) is 35.4 Å². The minimum atomic E-state index is -0.334.